The van der Waals surface area contributed by atoms with Crippen molar-refractivity contribution in [2.24, 2.45) is 11.8 Å². The van der Waals surface area contributed by atoms with Crippen LogP contribution in [-0.4, -0.2) is 65.6 Å². The van der Waals surface area contributed by atoms with Crippen molar-refractivity contribution in [1.29, 1.82) is 0 Å². The minimum atomic E-state index is -0.605. The number of Topliss-reactive ketones (excluding diaryl/α,β-unsaturated/α-hetero) is 1. The first kappa shape index (κ1) is 18.7. The minimum absolute atomic E-state index is 0.0570. The van der Waals surface area contributed by atoms with Crippen molar-refractivity contribution in [3.63, 3.8) is 0 Å². The van der Waals surface area contributed by atoms with E-state index in [0.29, 0.717) is 32.6 Å². The number of rotatable bonds is 1. The summed E-state index contributed by atoms with van der Waals surface area (Å²) in [6.45, 7) is 2.85. The standard InChI is InChI=1S/C23H26N2O4/c26-20-11-18-14-24(10-7-21(18)29-15-20)22(27)25-12-17(13-25)2-1-16-3-5-19(6-4-16)23(28)8-9-23/h3-6,17-18,21,28H,7-15H2/t18-,21+/m1/s1. The topological polar surface area (TPSA) is 70.1 Å². The second kappa shape index (κ2) is 7.16. The highest BCUT2D eigenvalue weighted by molar-refractivity contribution is 5.81. The molecule has 152 valence electrons. The molecule has 2 atom stereocenters. The van der Waals surface area contributed by atoms with E-state index in [0.717, 1.165) is 30.4 Å². The van der Waals surface area contributed by atoms with Crippen LogP contribution < -0.4 is 0 Å². The number of amides is 2. The molecular formula is C23H26N2O4. The summed E-state index contributed by atoms with van der Waals surface area (Å²) in [5.41, 5.74) is 1.30. The van der Waals surface area contributed by atoms with Crippen molar-refractivity contribution in [2.45, 2.75) is 37.4 Å². The number of fused-ring (bicyclic) bond motifs is 1. The van der Waals surface area contributed by atoms with Gasteiger partial charge in [0, 0.05) is 44.1 Å². The number of hydrogen-bond acceptors (Lipinski definition) is 4. The first-order valence-electron chi connectivity index (χ1n) is 10.5. The van der Waals surface area contributed by atoms with Crippen molar-refractivity contribution in [3.8, 4) is 11.8 Å². The van der Waals surface area contributed by atoms with Gasteiger partial charge in [-0.2, -0.15) is 0 Å². The van der Waals surface area contributed by atoms with Crippen LogP contribution in [-0.2, 0) is 15.1 Å². The van der Waals surface area contributed by atoms with Crippen LogP contribution >= 0.6 is 0 Å². The predicted molar refractivity (Wildman–Crippen MR) is 106 cm³/mol. The van der Waals surface area contributed by atoms with E-state index >= 15 is 0 Å². The van der Waals surface area contributed by atoms with Gasteiger partial charge in [-0.1, -0.05) is 24.0 Å². The molecule has 1 aliphatic carbocycles. The second-order valence-electron chi connectivity index (χ2n) is 8.85. The fourth-order valence-electron chi connectivity index (χ4n) is 4.53. The summed E-state index contributed by atoms with van der Waals surface area (Å²) < 4.78 is 5.61. The highest BCUT2D eigenvalue weighted by Gasteiger charge is 2.42. The molecule has 0 radical (unpaired) electrons. The number of carbonyl (C=O) groups is 2. The smallest absolute Gasteiger partial charge is 0.320 e. The Morgan fingerprint density at radius 2 is 1.90 bits per heavy atom. The van der Waals surface area contributed by atoms with Gasteiger partial charge >= 0.3 is 6.03 Å². The number of aliphatic hydroxyl groups is 1. The maximum atomic E-state index is 12.7. The average Bonchev–Trinajstić information content (AvgIpc) is 3.45. The number of carbonyl (C=O) groups excluding carboxylic acids is 2. The Hall–Kier alpha value is -2.36. The van der Waals surface area contributed by atoms with Crippen LogP contribution in [0.4, 0.5) is 4.79 Å². The van der Waals surface area contributed by atoms with Crippen LogP contribution in [0.2, 0.25) is 0 Å². The lowest BCUT2D eigenvalue weighted by atomic mass is 9.88. The van der Waals surface area contributed by atoms with Crippen LogP contribution in [0.5, 0.6) is 0 Å². The molecule has 1 aromatic carbocycles. The molecule has 3 saturated heterocycles. The number of urea groups is 1. The van der Waals surface area contributed by atoms with Gasteiger partial charge in [0.15, 0.2) is 5.78 Å². The largest absolute Gasteiger partial charge is 0.385 e. The Kier molecular flexibility index (Phi) is 4.60. The van der Waals surface area contributed by atoms with E-state index in [9.17, 15) is 14.7 Å². The minimum Gasteiger partial charge on any atom is -0.385 e. The molecule has 0 aromatic heterocycles. The fourth-order valence-corrected chi connectivity index (χ4v) is 4.53. The molecule has 4 fully saturated rings. The zero-order valence-electron chi connectivity index (χ0n) is 16.5. The number of nitrogens with zero attached hydrogens (tertiary/aromatic N) is 2. The molecule has 3 heterocycles. The van der Waals surface area contributed by atoms with E-state index in [1.165, 1.54) is 0 Å². The second-order valence-corrected chi connectivity index (χ2v) is 8.85. The number of ketones is 1. The molecule has 1 saturated carbocycles. The summed E-state index contributed by atoms with van der Waals surface area (Å²) in [5, 5.41) is 10.1. The Labute approximate surface area is 170 Å². The number of piperidine rings is 1. The first-order valence-corrected chi connectivity index (χ1v) is 10.5. The summed E-state index contributed by atoms with van der Waals surface area (Å²) >= 11 is 0. The van der Waals surface area contributed by atoms with Crippen LogP contribution in [0.25, 0.3) is 0 Å². The summed E-state index contributed by atoms with van der Waals surface area (Å²) in [6, 6.07) is 7.88. The van der Waals surface area contributed by atoms with Gasteiger partial charge in [0.25, 0.3) is 0 Å². The van der Waals surface area contributed by atoms with Crippen LogP contribution in [0.3, 0.4) is 0 Å². The third-order valence-electron chi connectivity index (χ3n) is 6.60. The van der Waals surface area contributed by atoms with E-state index in [1.807, 2.05) is 34.1 Å². The van der Waals surface area contributed by atoms with Crippen LogP contribution in [0.15, 0.2) is 24.3 Å². The molecule has 6 heteroatoms. The molecule has 3 aliphatic heterocycles. The summed E-state index contributed by atoms with van der Waals surface area (Å²) in [4.78, 5) is 28.1. The van der Waals surface area contributed by atoms with Crippen molar-refractivity contribution in [3.05, 3.63) is 35.4 Å². The lowest BCUT2D eigenvalue weighted by Crippen LogP contribution is -2.58. The maximum Gasteiger partial charge on any atom is 0.320 e. The zero-order valence-corrected chi connectivity index (χ0v) is 16.5. The number of likely N-dealkylation sites (tertiary alicyclic amines) is 2. The van der Waals surface area contributed by atoms with Gasteiger partial charge in [0.1, 0.15) is 6.61 Å². The molecular weight excluding hydrogens is 368 g/mol. The van der Waals surface area contributed by atoms with Crippen molar-refractivity contribution in [2.75, 3.05) is 32.8 Å². The van der Waals surface area contributed by atoms with E-state index in [2.05, 4.69) is 11.8 Å². The maximum absolute atomic E-state index is 12.7. The Bertz CT molecular complexity index is 874. The summed E-state index contributed by atoms with van der Waals surface area (Å²) in [6.07, 6.45) is 3.14. The third kappa shape index (κ3) is 3.77. The van der Waals surface area contributed by atoms with Gasteiger partial charge in [-0.25, -0.2) is 4.79 Å². The summed E-state index contributed by atoms with van der Waals surface area (Å²) in [7, 11) is 0. The van der Waals surface area contributed by atoms with Gasteiger partial charge in [-0.3, -0.25) is 4.79 Å². The van der Waals surface area contributed by atoms with Crippen molar-refractivity contribution < 1.29 is 19.4 Å². The van der Waals surface area contributed by atoms with Gasteiger partial charge in [-0.05, 0) is 37.0 Å². The molecule has 0 unspecified atom stereocenters. The Morgan fingerprint density at radius 3 is 2.62 bits per heavy atom. The SMILES string of the molecule is O=C1CO[C@H]2CCN(C(=O)N3CC(C#Cc4ccc(C5(O)CC5)cc4)C3)C[C@H]2C1. The van der Waals surface area contributed by atoms with Gasteiger partial charge < -0.3 is 19.6 Å². The van der Waals surface area contributed by atoms with Gasteiger partial charge in [0.2, 0.25) is 0 Å². The Morgan fingerprint density at radius 1 is 1.14 bits per heavy atom. The van der Waals surface area contributed by atoms with Crippen molar-refractivity contribution in [1.82, 2.24) is 9.80 Å². The molecule has 0 bridgehead atoms. The van der Waals surface area contributed by atoms with E-state index in [-0.39, 0.29) is 36.4 Å². The normalized spacial score (nSPS) is 28.1. The number of hydrogen-bond donors (Lipinski definition) is 1. The van der Waals surface area contributed by atoms with Gasteiger partial charge in [0.05, 0.1) is 17.6 Å². The Balaban J connectivity index is 1.12. The molecule has 29 heavy (non-hydrogen) atoms. The summed E-state index contributed by atoms with van der Waals surface area (Å²) in [5.74, 6) is 6.92. The molecule has 0 spiro atoms. The van der Waals surface area contributed by atoms with Gasteiger partial charge in [-0.15, -0.1) is 0 Å². The van der Waals surface area contributed by atoms with E-state index in [4.69, 9.17) is 4.74 Å². The van der Waals surface area contributed by atoms with E-state index < -0.39 is 5.60 Å². The predicted octanol–water partition coefficient (Wildman–Crippen LogP) is 1.75. The quantitative estimate of drug-likeness (QED) is 0.737. The first-order chi connectivity index (χ1) is 14.0. The lowest BCUT2D eigenvalue weighted by Gasteiger charge is -2.45. The number of ether oxygens (including phenoxy) is 1. The lowest BCUT2D eigenvalue weighted by molar-refractivity contribution is -0.140. The van der Waals surface area contributed by atoms with Crippen LogP contribution in [0, 0.1) is 23.7 Å². The third-order valence-corrected chi connectivity index (χ3v) is 6.60. The molecule has 1 N–H and O–H groups in total. The monoisotopic (exact) mass is 394 g/mol. The highest BCUT2D eigenvalue weighted by Crippen LogP contribution is 2.45. The molecule has 4 aliphatic rings. The van der Waals surface area contributed by atoms with Crippen molar-refractivity contribution >= 4 is 11.8 Å². The zero-order chi connectivity index (χ0) is 20.0. The number of benzene rings is 1. The molecule has 1 aromatic rings. The molecule has 2 amide bonds. The highest BCUT2D eigenvalue weighted by atomic mass is 16.5. The molecule has 5 rings (SSSR count). The van der Waals surface area contributed by atoms with Crippen LogP contribution in [0.1, 0.15) is 36.8 Å². The van der Waals surface area contributed by atoms with E-state index in [1.54, 1.807) is 0 Å². The average molecular weight is 394 g/mol. The fraction of sp³-hybridized carbons (Fsp3) is 0.565. The molecule has 6 nitrogen and oxygen atoms in total.